The number of hydrogen-bond acceptors (Lipinski definition) is 6. The summed E-state index contributed by atoms with van der Waals surface area (Å²) in [6.45, 7) is 15.5. The second kappa shape index (κ2) is 11.1. The third-order valence-corrected chi connectivity index (χ3v) is 6.18. The molecular weight excluding hydrogens is 525 g/mol. The van der Waals surface area contributed by atoms with Gasteiger partial charge in [0.2, 0.25) is 0 Å². The van der Waals surface area contributed by atoms with Crippen LogP contribution in [0.3, 0.4) is 0 Å². The minimum absolute atomic E-state index is 0. The highest BCUT2D eigenvalue weighted by Crippen LogP contribution is 2.33. The number of nitrogens with zero attached hydrogens (tertiary/aromatic N) is 3. The number of carbonyl (C=O) groups excluding carboxylic acids is 1. The SMILES string of the molecule is CN=C(NCC1CN2CCCC2CO1)NCC1C(C)OC(C)(C)N1C(=O)OC(C)(C)C.I. The fourth-order valence-electron chi connectivity index (χ4n) is 4.76. The van der Waals surface area contributed by atoms with Crippen LogP contribution in [0, 0.1) is 0 Å². The lowest BCUT2D eigenvalue weighted by molar-refractivity contribution is -0.0755. The number of carbonyl (C=O) groups is 1. The number of ether oxygens (including phenoxy) is 3. The van der Waals surface area contributed by atoms with Crippen LogP contribution in [0.15, 0.2) is 4.99 Å². The van der Waals surface area contributed by atoms with E-state index in [-0.39, 0.29) is 48.3 Å². The first-order chi connectivity index (χ1) is 14.5. The molecule has 0 radical (unpaired) electrons. The van der Waals surface area contributed by atoms with Crippen LogP contribution in [0.5, 0.6) is 0 Å². The smallest absolute Gasteiger partial charge is 0.412 e. The highest BCUT2D eigenvalue weighted by molar-refractivity contribution is 14.0. The molecule has 0 saturated carbocycles. The Bertz CT molecular complexity index is 669. The molecule has 2 N–H and O–H groups in total. The lowest BCUT2D eigenvalue weighted by Gasteiger charge is -2.36. The summed E-state index contributed by atoms with van der Waals surface area (Å²) in [4.78, 5) is 21.5. The maximum absolute atomic E-state index is 12.9. The van der Waals surface area contributed by atoms with Crippen LogP contribution < -0.4 is 10.6 Å². The van der Waals surface area contributed by atoms with Crippen molar-refractivity contribution in [2.24, 2.45) is 4.99 Å². The number of guanidine groups is 1. The Balaban J connectivity index is 0.00000363. The average Bonchev–Trinajstić information content (AvgIpc) is 3.21. The Morgan fingerprint density at radius 3 is 2.59 bits per heavy atom. The molecule has 0 aliphatic carbocycles. The number of fused-ring (bicyclic) bond motifs is 1. The molecule has 0 bridgehead atoms. The fraction of sp³-hybridized carbons (Fsp3) is 0.909. The van der Waals surface area contributed by atoms with Crippen LogP contribution in [-0.2, 0) is 14.2 Å². The minimum atomic E-state index is -0.743. The normalized spacial score (nSPS) is 30.5. The quantitative estimate of drug-likeness (QED) is 0.307. The molecule has 4 atom stereocenters. The van der Waals surface area contributed by atoms with Crippen molar-refractivity contribution < 1.29 is 19.0 Å². The summed E-state index contributed by atoms with van der Waals surface area (Å²) in [5.41, 5.74) is -1.31. The van der Waals surface area contributed by atoms with E-state index in [9.17, 15) is 4.79 Å². The molecule has 0 aromatic heterocycles. The lowest BCUT2D eigenvalue weighted by atomic mass is 10.1. The molecule has 32 heavy (non-hydrogen) atoms. The Hall–Kier alpha value is -0.850. The first kappa shape index (κ1) is 27.4. The third-order valence-electron chi connectivity index (χ3n) is 6.18. The summed E-state index contributed by atoms with van der Waals surface area (Å²) in [7, 11) is 1.75. The summed E-state index contributed by atoms with van der Waals surface area (Å²) in [5, 5.41) is 6.73. The van der Waals surface area contributed by atoms with E-state index in [0.29, 0.717) is 25.1 Å². The van der Waals surface area contributed by atoms with Crippen molar-refractivity contribution in [1.82, 2.24) is 20.4 Å². The average molecular weight is 568 g/mol. The summed E-state index contributed by atoms with van der Waals surface area (Å²) in [5.74, 6) is 0.688. The summed E-state index contributed by atoms with van der Waals surface area (Å²) < 4.78 is 17.7. The number of rotatable bonds is 4. The maximum Gasteiger partial charge on any atom is 0.412 e. The molecule has 3 aliphatic rings. The highest BCUT2D eigenvalue weighted by Gasteiger charge is 2.49. The zero-order valence-electron chi connectivity index (χ0n) is 20.6. The van der Waals surface area contributed by atoms with Gasteiger partial charge in [0.1, 0.15) is 11.3 Å². The van der Waals surface area contributed by atoms with E-state index >= 15 is 0 Å². The molecule has 3 fully saturated rings. The molecule has 0 aromatic carbocycles. The topological polar surface area (TPSA) is 87.7 Å². The van der Waals surface area contributed by atoms with Gasteiger partial charge in [0.25, 0.3) is 0 Å². The molecule has 3 saturated heterocycles. The van der Waals surface area contributed by atoms with Crippen LogP contribution in [0.1, 0.15) is 54.4 Å². The summed E-state index contributed by atoms with van der Waals surface area (Å²) >= 11 is 0. The highest BCUT2D eigenvalue weighted by atomic mass is 127. The zero-order chi connectivity index (χ0) is 22.8. The second-order valence-electron chi connectivity index (χ2n) is 10.3. The predicted molar refractivity (Wildman–Crippen MR) is 136 cm³/mol. The molecule has 0 spiro atoms. The number of aliphatic imine (C=N–C) groups is 1. The molecule has 0 aromatic rings. The number of nitrogens with one attached hydrogen (secondary N) is 2. The minimum Gasteiger partial charge on any atom is -0.444 e. The van der Waals surface area contributed by atoms with Crippen LogP contribution in [0.4, 0.5) is 4.79 Å². The first-order valence-corrected chi connectivity index (χ1v) is 11.5. The monoisotopic (exact) mass is 567 g/mol. The largest absolute Gasteiger partial charge is 0.444 e. The molecule has 3 heterocycles. The summed E-state index contributed by atoms with van der Waals surface area (Å²) in [6.07, 6.45) is 2.16. The van der Waals surface area contributed by atoms with E-state index in [0.717, 1.165) is 13.2 Å². The van der Waals surface area contributed by atoms with Gasteiger partial charge >= 0.3 is 6.09 Å². The molecule has 9 nitrogen and oxygen atoms in total. The Labute approximate surface area is 210 Å². The van der Waals surface area contributed by atoms with Crippen LogP contribution in [0.25, 0.3) is 0 Å². The van der Waals surface area contributed by atoms with Crippen molar-refractivity contribution in [1.29, 1.82) is 0 Å². The molecule has 186 valence electrons. The molecule has 1 amide bonds. The van der Waals surface area contributed by atoms with Crippen molar-refractivity contribution in [3.63, 3.8) is 0 Å². The van der Waals surface area contributed by atoms with E-state index in [1.807, 2.05) is 41.5 Å². The van der Waals surface area contributed by atoms with E-state index in [2.05, 4.69) is 20.5 Å². The lowest BCUT2D eigenvalue weighted by Crippen LogP contribution is -2.55. The van der Waals surface area contributed by atoms with Gasteiger partial charge in [-0.15, -0.1) is 24.0 Å². The molecule has 10 heteroatoms. The van der Waals surface area contributed by atoms with Crippen LogP contribution in [0.2, 0.25) is 0 Å². The molecule has 3 aliphatic heterocycles. The number of amides is 1. The van der Waals surface area contributed by atoms with E-state index in [4.69, 9.17) is 14.2 Å². The van der Waals surface area contributed by atoms with Gasteiger partial charge in [0.15, 0.2) is 5.96 Å². The number of halogens is 1. The van der Waals surface area contributed by atoms with Crippen molar-refractivity contribution >= 4 is 36.0 Å². The molecule has 4 unspecified atom stereocenters. The van der Waals surface area contributed by atoms with Gasteiger partial charge in [-0.2, -0.15) is 0 Å². The third kappa shape index (κ3) is 6.83. The van der Waals surface area contributed by atoms with Gasteiger partial charge in [-0.3, -0.25) is 14.8 Å². The Morgan fingerprint density at radius 2 is 1.94 bits per heavy atom. The van der Waals surface area contributed by atoms with Crippen molar-refractivity contribution in [3.8, 4) is 0 Å². The van der Waals surface area contributed by atoms with Gasteiger partial charge in [-0.1, -0.05) is 0 Å². The molecule has 3 rings (SSSR count). The standard InChI is InChI=1S/C22H41N5O4.HI/c1-15-18(27(22(5,6)30-15)20(28)31-21(2,3)4)12-25-19(23-7)24-11-17-13-26-10-8-9-16(26)14-29-17;/h15-18H,8-14H2,1-7H3,(H2,23,24,25);1H. The van der Waals surface area contributed by atoms with Gasteiger partial charge in [0, 0.05) is 32.7 Å². The van der Waals surface area contributed by atoms with Gasteiger partial charge < -0.3 is 24.8 Å². The van der Waals surface area contributed by atoms with Gasteiger partial charge in [-0.25, -0.2) is 4.79 Å². The number of morpholine rings is 1. The van der Waals surface area contributed by atoms with E-state index in [1.165, 1.54) is 19.4 Å². The predicted octanol–water partition coefficient (Wildman–Crippen LogP) is 2.39. The van der Waals surface area contributed by atoms with Gasteiger partial charge in [-0.05, 0) is 60.9 Å². The van der Waals surface area contributed by atoms with Gasteiger partial charge in [0.05, 0.1) is 24.9 Å². The van der Waals surface area contributed by atoms with E-state index in [1.54, 1.807) is 11.9 Å². The number of hydrogen-bond donors (Lipinski definition) is 2. The zero-order valence-corrected chi connectivity index (χ0v) is 23.0. The maximum atomic E-state index is 12.9. The molecular formula is C22H42IN5O4. The Kier molecular flexibility index (Phi) is 9.46. The van der Waals surface area contributed by atoms with Crippen molar-refractivity contribution in [2.75, 3.05) is 39.8 Å². The van der Waals surface area contributed by atoms with Crippen molar-refractivity contribution in [2.45, 2.75) is 90.0 Å². The van der Waals surface area contributed by atoms with Crippen LogP contribution >= 0.6 is 24.0 Å². The van der Waals surface area contributed by atoms with E-state index < -0.39 is 11.3 Å². The first-order valence-electron chi connectivity index (χ1n) is 11.5. The Morgan fingerprint density at radius 1 is 1.25 bits per heavy atom. The second-order valence-corrected chi connectivity index (χ2v) is 10.3. The fourth-order valence-corrected chi connectivity index (χ4v) is 4.76. The summed E-state index contributed by atoms with van der Waals surface area (Å²) in [6, 6.07) is 0.416. The van der Waals surface area contributed by atoms with Crippen molar-refractivity contribution in [3.05, 3.63) is 0 Å². The van der Waals surface area contributed by atoms with Crippen LogP contribution in [-0.4, -0.2) is 97.3 Å².